The minimum Gasteiger partial charge on any atom is -0.357 e. The van der Waals surface area contributed by atoms with Crippen molar-refractivity contribution in [3.8, 4) is 0 Å². The molecule has 4 heteroatoms. The van der Waals surface area contributed by atoms with Crippen molar-refractivity contribution in [2.75, 3.05) is 33.7 Å². The molecule has 0 bridgehead atoms. The highest BCUT2D eigenvalue weighted by Gasteiger charge is 2.13. The lowest BCUT2D eigenvalue weighted by molar-refractivity contribution is 0.306. The van der Waals surface area contributed by atoms with Crippen molar-refractivity contribution >= 4 is 5.96 Å². The minimum absolute atomic E-state index is 0.269. The van der Waals surface area contributed by atoms with Crippen LogP contribution in [0.1, 0.15) is 31.0 Å². The molecule has 0 aliphatic rings. The molecule has 0 aromatic heterocycles. The van der Waals surface area contributed by atoms with Gasteiger partial charge in [0.2, 0.25) is 0 Å². The number of rotatable bonds is 8. The van der Waals surface area contributed by atoms with Crippen LogP contribution in [0.4, 0.5) is 0 Å². The van der Waals surface area contributed by atoms with E-state index in [0.717, 1.165) is 18.9 Å². The number of hydrogen-bond donors (Lipinski definition) is 2. The molecule has 0 spiro atoms. The maximum Gasteiger partial charge on any atom is 0.191 e. The highest BCUT2D eigenvalue weighted by molar-refractivity contribution is 5.79. The van der Waals surface area contributed by atoms with Gasteiger partial charge in [0.15, 0.2) is 5.96 Å². The Kier molecular flexibility index (Phi) is 8.30. The molecular weight excluding hydrogens is 272 g/mol. The smallest absolute Gasteiger partial charge is 0.191 e. The molecule has 122 valence electrons. The average Bonchev–Trinajstić information content (AvgIpc) is 2.53. The summed E-state index contributed by atoms with van der Waals surface area (Å²) in [6.45, 7) is 10.2. The molecule has 0 heterocycles. The molecule has 1 rings (SSSR count). The van der Waals surface area contributed by atoms with Crippen LogP contribution in [0.25, 0.3) is 0 Å². The standard InChI is InChI=1S/C18H30N4/c1-6-13-20-18(19-8-3)21-14-17(22(4)5)16-11-9-15(7-2)10-12-16/h6,9-12,17H,1,7-8,13-14H2,2-5H3,(H2,19,20,21). The van der Waals surface area contributed by atoms with Gasteiger partial charge < -0.3 is 15.5 Å². The van der Waals surface area contributed by atoms with Gasteiger partial charge >= 0.3 is 0 Å². The van der Waals surface area contributed by atoms with E-state index in [1.165, 1.54) is 11.1 Å². The van der Waals surface area contributed by atoms with Gasteiger partial charge in [0, 0.05) is 13.1 Å². The van der Waals surface area contributed by atoms with Crippen LogP contribution in [0.5, 0.6) is 0 Å². The van der Waals surface area contributed by atoms with Crippen molar-refractivity contribution in [1.82, 2.24) is 15.5 Å². The van der Waals surface area contributed by atoms with Crippen LogP contribution in [-0.4, -0.2) is 44.6 Å². The van der Waals surface area contributed by atoms with Crippen molar-refractivity contribution in [3.63, 3.8) is 0 Å². The maximum absolute atomic E-state index is 4.70. The molecule has 1 atom stereocenters. The Morgan fingerprint density at radius 2 is 1.91 bits per heavy atom. The third-order valence-electron chi connectivity index (χ3n) is 3.58. The fourth-order valence-electron chi connectivity index (χ4n) is 2.23. The van der Waals surface area contributed by atoms with Crippen molar-refractivity contribution < 1.29 is 0 Å². The van der Waals surface area contributed by atoms with Crippen molar-refractivity contribution in [2.45, 2.75) is 26.3 Å². The van der Waals surface area contributed by atoms with Crippen LogP contribution in [0.15, 0.2) is 41.9 Å². The number of hydrogen-bond acceptors (Lipinski definition) is 2. The van der Waals surface area contributed by atoms with Gasteiger partial charge in [-0.15, -0.1) is 6.58 Å². The van der Waals surface area contributed by atoms with Gasteiger partial charge in [0.05, 0.1) is 12.6 Å². The second-order valence-corrected chi connectivity index (χ2v) is 5.46. The molecule has 0 saturated carbocycles. The summed E-state index contributed by atoms with van der Waals surface area (Å²) >= 11 is 0. The summed E-state index contributed by atoms with van der Waals surface area (Å²) < 4.78 is 0. The summed E-state index contributed by atoms with van der Waals surface area (Å²) in [6.07, 6.45) is 2.90. The first-order chi connectivity index (χ1) is 10.6. The number of guanidine groups is 1. The molecule has 0 aliphatic heterocycles. The van der Waals surface area contributed by atoms with Crippen LogP contribution in [0, 0.1) is 0 Å². The molecule has 0 aliphatic carbocycles. The largest absolute Gasteiger partial charge is 0.357 e. The van der Waals surface area contributed by atoms with E-state index in [1.807, 2.05) is 6.08 Å². The molecule has 0 radical (unpaired) electrons. The van der Waals surface area contributed by atoms with E-state index in [0.29, 0.717) is 13.1 Å². The first-order valence-corrected chi connectivity index (χ1v) is 8.00. The lowest BCUT2D eigenvalue weighted by atomic mass is 10.0. The fourth-order valence-corrected chi connectivity index (χ4v) is 2.23. The second-order valence-electron chi connectivity index (χ2n) is 5.46. The molecule has 22 heavy (non-hydrogen) atoms. The Balaban J connectivity index is 2.82. The molecule has 1 aromatic carbocycles. The van der Waals surface area contributed by atoms with Crippen LogP contribution in [0.2, 0.25) is 0 Å². The summed E-state index contributed by atoms with van der Waals surface area (Å²) in [5.41, 5.74) is 2.66. The highest BCUT2D eigenvalue weighted by atomic mass is 15.2. The van der Waals surface area contributed by atoms with Gasteiger partial charge in [-0.2, -0.15) is 0 Å². The Morgan fingerprint density at radius 3 is 2.41 bits per heavy atom. The summed E-state index contributed by atoms with van der Waals surface area (Å²) in [6, 6.07) is 9.10. The molecule has 1 aromatic rings. The fraction of sp³-hybridized carbons (Fsp3) is 0.500. The third-order valence-corrected chi connectivity index (χ3v) is 3.58. The van der Waals surface area contributed by atoms with E-state index < -0.39 is 0 Å². The molecule has 1 unspecified atom stereocenters. The zero-order chi connectivity index (χ0) is 16.4. The Hall–Kier alpha value is -1.81. The molecule has 0 amide bonds. The molecule has 0 saturated heterocycles. The summed E-state index contributed by atoms with van der Waals surface area (Å²) in [5, 5.41) is 6.49. The lowest BCUT2D eigenvalue weighted by Gasteiger charge is -2.24. The normalized spacial score (nSPS) is 13.0. The monoisotopic (exact) mass is 302 g/mol. The van der Waals surface area contributed by atoms with Gasteiger partial charge in [0.25, 0.3) is 0 Å². The van der Waals surface area contributed by atoms with Crippen molar-refractivity contribution in [3.05, 3.63) is 48.0 Å². The second kappa shape index (κ2) is 10.0. The number of likely N-dealkylation sites (N-methyl/N-ethyl adjacent to an activating group) is 1. The Morgan fingerprint density at radius 1 is 1.23 bits per heavy atom. The van der Waals surface area contributed by atoms with Crippen LogP contribution < -0.4 is 10.6 Å². The first-order valence-electron chi connectivity index (χ1n) is 8.00. The summed E-state index contributed by atoms with van der Waals surface area (Å²) in [7, 11) is 4.19. The van der Waals surface area contributed by atoms with Crippen LogP contribution in [0.3, 0.4) is 0 Å². The predicted molar refractivity (Wildman–Crippen MR) is 96.4 cm³/mol. The lowest BCUT2D eigenvalue weighted by Crippen LogP contribution is -2.38. The zero-order valence-corrected chi connectivity index (χ0v) is 14.4. The highest BCUT2D eigenvalue weighted by Crippen LogP contribution is 2.19. The number of nitrogens with one attached hydrogen (secondary N) is 2. The molecule has 2 N–H and O–H groups in total. The number of benzene rings is 1. The van der Waals surface area contributed by atoms with E-state index in [9.17, 15) is 0 Å². The van der Waals surface area contributed by atoms with Crippen molar-refractivity contribution in [2.24, 2.45) is 4.99 Å². The van der Waals surface area contributed by atoms with E-state index >= 15 is 0 Å². The Bertz CT molecular complexity index is 462. The van der Waals surface area contributed by atoms with Crippen LogP contribution >= 0.6 is 0 Å². The van der Waals surface area contributed by atoms with Crippen molar-refractivity contribution in [1.29, 1.82) is 0 Å². The summed E-state index contributed by atoms with van der Waals surface area (Å²) in [4.78, 5) is 6.91. The van der Waals surface area contributed by atoms with Gasteiger partial charge in [0.1, 0.15) is 0 Å². The third kappa shape index (κ3) is 5.90. The van der Waals surface area contributed by atoms with E-state index in [1.54, 1.807) is 0 Å². The first kappa shape index (κ1) is 18.2. The number of aryl methyl sites for hydroxylation is 1. The number of nitrogens with zero attached hydrogens (tertiary/aromatic N) is 2. The van der Waals surface area contributed by atoms with E-state index in [4.69, 9.17) is 4.99 Å². The zero-order valence-electron chi connectivity index (χ0n) is 14.4. The Labute approximate surface area is 135 Å². The molecule has 4 nitrogen and oxygen atoms in total. The topological polar surface area (TPSA) is 39.7 Å². The van der Waals surface area contributed by atoms with Gasteiger partial charge in [-0.25, -0.2) is 0 Å². The van der Waals surface area contributed by atoms with Gasteiger partial charge in [-0.3, -0.25) is 4.99 Å². The van der Waals surface area contributed by atoms with Gasteiger partial charge in [-0.1, -0.05) is 37.3 Å². The molecular formula is C18H30N4. The van der Waals surface area contributed by atoms with Gasteiger partial charge in [-0.05, 0) is 38.6 Å². The predicted octanol–water partition coefficient (Wildman–Crippen LogP) is 2.59. The maximum atomic E-state index is 4.70. The van der Waals surface area contributed by atoms with Crippen LogP contribution in [-0.2, 0) is 6.42 Å². The van der Waals surface area contributed by atoms with E-state index in [-0.39, 0.29) is 6.04 Å². The summed E-state index contributed by atoms with van der Waals surface area (Å²) in [5.74, 6) is 0.833. The molecule has 0 fully saturated rings. The quantitative estimate of drug-likeness (QED) is 0.440. The van der Waals surface area contributed by atoms with E-state index in [2.05, 4.69) is 74.3 Å². The minimum atomic E-state index is 0.269. The number of aliphatic imine (C=N–C) groups is 1. The average molecular weight is 302 g/mol. The SMILES string of the molecule is C=CCNC(=NCC(c1ccc(CC)cc1)N(C)C)NCC.